The van der Waals surface area contributed by atoms with Gasteiger partial charge in [0.2, 0.25) is 0 Å². The number of hydrogen-bond acceptors (Lipinski definition) is 4. The molecule has 0 atom stereocenters. The topological polar surface area (TPSA) is 71.2 Å². The number of pyridine rings is 1. The number of carbonyl (C=O) groups excluding carboxylic acids is 1. The number of amides is 1. The Labute approximate surface area is 88.3 Å². The molecule has 1 amide bonds. The van der Waals surface area contributed by atoms with Crippen molar-refractivity contribution in [3.63, 3.8) is 0 Å². The van der Waals surface area contributed by atoms with E-state index in [1.54, 1.807) is 17.2 Å². The first-order valence-corrected chi connectivity index (χ1v) is 4.92. The van der Waals surface area contributed by atoms with Gasteiger partial charge in [0, 0.05) is 25.5 Å². The highest BCUT2D eigenvalue weighted by atomic mass is 16.2. The molecule has 0 bridgehead atoms. The number of rotatable bonds is 3. The molecule has 0 aliphatic heterocycles. The summed E-state index contributed by atoms with van der Waals surface area (Å²) in [5, 5.41) is 0. The fourth-order valence-corrected chi connectivity index (χ4v) is 1.51. The van der Waals surface area contributed by atoms with E-state index in [0.717, 1.165) is 12.8 Å². The molecule has 1 heterocycles. The van der Waals surface area contributed by atoms with Crippen molar-refractivity contribution in [2.45, 2.75) is 18.9 Å². The van der Waals surface area contributed by atoms with Crippen molar-refractivity contribution in [2.75, 3.05) is 12.5 Å². The van der Waals surface area contributed by atoms with Crippen LogP contribution in [0.1, 0.15) is 23.2 Å². The Morgan fingerprint density at radius 3 is 3.00 bits per heavy atom. The van der Waals surface area contributed by atoms with Gasteiger partial charge < -0.3 is 10.3 Å². The van der Waals surface area contributed by atoms with Crippen molar-refractivity contribution in [1.82, 2.24) is 9.88 Å². The van der Waals surface area contributed by atoms with Gasteiger partial charge >= 0.3 is 0 Å². The third kappa shape index (κ3) is 1.92. The molecule has 1 fully saturated rings. The van der Waals surface area contributed by atoms with Crippen molar-refractivity contribution in [3.05, 3.63) is 24.0 Å². The number of carbonyl (C=O) groups is 1. The summed E-state index contributed by atoms with van der Waals surface area (Å²) in [5.74, 6) is 5.30. The molecular formula is C10H14N4O. The van der Waals surface area contributed by atoms with Crippen LogP contribution in [-0.2, 0) is 0 Å². The monoisotopic (exact) mass is 206 g/mol. The number of nitrogen functional groups attached to an aromatic ring is 1. The van der Waals surface area contributed by atoms with E-state index in [2.05, 4.69) is 10.4 Å². The van der Waals surface area contributed by atoms with E-state index in [0.29, 0.717) is 17.3 Å². The highest BCUT2D eigenvalue weighted by Crippen LogP contribution is 2.27. The molecule has 0 radical (unpaired) electrons. The third-order valence-electron chi connectivity index (χ3n) is 2.62. The Hall–Kier alpha value is -1.62. The molecule has 1 aromatic rings. The Morgan fingerprint density at radius 2 is 2.40 bits per heavy atom. The van der Waals surface area contributed by atoms with Gasteiger partial charge in [0.15, 0.2) is 0 Å². The molecule has 0 spiro atoms. The maximum Gasteiger partial charge on any atom is 0.257 e. The number of nitrogens with one attached hydrogen (secondary N) is 1. The van der Waals surface area contributed by atoms with Crippen molar-refractivity contribution in [1.29, 1.82) is 0 Å². The summed E-state index contributed by atoms with van der Waals surface area (Å²) in [7, 11) is 1.81. The summed E-state index contributed by atoms with van der Waals surface area (Å²) in [5.41, 5.74) is 3.64. The van der Waals surface area contributed by atoms with E-state index in [-0.39, 0.29) is 5.91 Å². The van der Waals surface area contributed by atoms with Crippen LogP contribution < -0.4 is 11.3 Å². The van der Waals surface area contributed by atoms with Crippen LogP contribution >= 0.6 is 0 Å². The van der Waals surface area contributed by atoms with E-state index >= 15 is 0 Å². The Bertz CT molecular complexity index is 375. The smallest absolute Gasteiger partial charge is 0.257 e. The van der Waals surface area contributed by atoms with Crippen molar-refractivity contribution in [2.24, 2.45) is 5.84 Å². The first-order chi connectivity index (χ1) is 7.24. The van der Waals surface area contributed by atoms with Gasteiger partial charge in [-0.05, 0) is 18.9 Å². The van der Waals surface area contributed by atoms with E-state index < -0.39 is 0 Å². The molecule has 5 heteroatoms. The van der Waals surface area contributed by atoms with E-state index in [1.165, 1.54) is 6.20 Å². The summed E-state index contributed by atoms with van der Waals surface area (Å²) >= 11 is 0. The van der Waals surface area contributed by atoms with Gasteiger partial charge in [0.25, 0.3) is 5.91 Å². The molecule has 1 saturated carbocycles. The van der Waals surface area contributed by atoms with E-state index in [9.17, 15) is 4.79 Å². The van der Waals surface area contributed by atoms with Crippen LogP contribution in [0.3, 0.4) is 0 Å². The van der Waals surface area contributed by atoms with Gasteiger partial charge in [-0.3, -0.25) is 15.6 Å². The standard InChI is InChI=1S/C10H14N4O/c1-14(7-2-3-7)10(15)8-6-12-5-4-9(8)13-11/h4-7H,2-3,11H2,1H3,(H,12,13). The second-order valence-electron chi connectivity index (χ2n) is 3.71. The molecule has 2 rings (SSSR count). The zero-order chi connectivity index (χ0) is 10.8. The Morgan fingerprint density at radius 1 is 1.67 bits per heavy atom. The van der Waals surface area contributed by atoms with Crippen LogP contribution in [0.15, 0.2) is 18.5 Å². The highest BCUT2D eigenvalue weighted by molar-refractivity contribution is 5.99. The third-order valence-corrected chi connectivity index (χ3v) is 2.62. The predicted octanol–water partition coefficient (Wildman–Crippen LogP) is 0.602. The SMILES string of the molecule is CN(C(=O)c1cnccc1NN)C1CC1. The number of hydrogen-bond donors (Lipinski definition) is 2. The normalized spacial score (nSPS) is 14.8. The van der Waals surface area contributed by atoms with Crippen LogP contribution in [0.4, 0.5) is 5.69 Å². The Kier molecular flexibility index (Phi) is 2.55. The molecule has 0 saturated heterocycles. The van der Waals surface area contributed by atoms with Crippen LogP contribution in [0, 0.1) is 0 Å². The second-order valence-corrected chi connectivity index (χ2v) is 3.71. The lowest BCUT2D eigenvalue weighted by Gasteiger charge is -2.17. The van der Waals surface area contributed by atoms with Gasteiger partial charge in [-0.2, -0.15) is 0 Å². The predicted molar refractivity (Wildman–Crippen MR) is 57.2 cm³/mol. The molecule has 80 valence electrons. The lowest BCUT2D eigenvalue weighted by molar-refractivity contribution is 0.0785. The summed E-state index contributed by atoms with van der Waals surface area (Å²) in [6, 6.07) is 2.08. The van der Waals surface area contributed by atoms with Gasteiger partial charge in [0.1, 0.15) is 0 Å². The van der Waals surface area contributed by atoms with Gasteiger partial charge in [0.05, 0.1) is 11.3 Å². The number of nitrogens with zero attached hydrogens (tertiary/aromatic N) is 2. The zero-order valence-electron chi connectivity index (χ0n) is 8.60. The summed E-state index contributed by atoms with van der Waals surface area (Å²) in [6.45, 7) is 0. The average Bonchev–Trinajstić information content (AvgIpc) is 3.11. The van der Waals surface area contributed by atoms with Crippen LogP contribution in [0.5, 0.6) is 0 Å². The molecule has 15 heavy (non-hydrogen) atoms. The van der Waals surface area contributed by atoms with E-state index in [4.69, 9.17) is 5.84 Å². The number of hydrazine groups is 1. The maximum absolute atomic E-state index is 12.0. The van der Waals surface area contributed by atoms with Crippen LogP contribution in [0.25, 0.3) is 0 Å². The average molecular weight is 206 g/mol. The molecule has 5 nitrogen and oxygen atoms in total. The molecule has 0 unspecified atom stereocenters. The molecule has 1 aromatic heterocycles. The highest BCUT2D eigenvalue weighted by Gasteiger charge is 2.30. The number of aromatic nitrogens is 1. The van der Waals surface area contributed by atoms with Gasteiger partial charge in [-0.15, -0.1) is 0 Å². The summed E-state index contributed by atoms with van der Waals surface area (Å²) < 4.78 is 0. The maximum atomic E-state index is 12.0. The fraction of sp³-hybridized carbons (Fsp3) is 0.400. The molecule has 1 aliphatic rings. The second kappa shape index (κ2) is 3.86. The summed E-state index contributed by atoms with van der Waals surface area (Å²) in [6.07, 6.45) is 5.32. The molecule has 0 aromatic carbocycles. The quantitative estimate of drug-likeness (QED) is 0.561. The van der Waals surface area contributed by atoms with Crippen molar-refractivity contribution in [3.8, 4) is 0 Å². The van der Waals surface area contributed by atoms with Crippen molar-refractivity contribution < 1.29 is 4.79 Å². The minimum absolute atomic E-state index is 0.0291. The first-order valence-electron chi connectivity index (χ1n) is 4.92. The van der Waals surface area contributed by atoms with Gasteiger partial charge in [-0.1, -0.05) is 0 Å². The number of anilines is 1. The van der Waals surface area contributed by atoms with Gasteiger partial charge in [-0.25, -0.2) is 0 Å². The summed E-state index contributed by atoms with van der Waals surface area (Å²) in [4.78, 5) is 17.7. The fourth-order valence-electron chi connectivity index (χ4n) is 1.51. The molecular weight excluding hydrogens is 192 g/mol. The largest absolute Gasteiger partial charge is 0.339 e. The van der Waals surface area contributed by atoms with E-state index in [1.807, 2.05) is 7.05 Å². The first kappa shape index (κ1) is 9.92. The Balaban J connectivity index is 2.23. The van der Waals surface area contributed by atoms with Crippen molar-refractivity contribution >= 4 is 11.6 Å². The zero-order valence-corrected chi connectivity index (χ0v) is 8.60. The number of nitrogens with two attached hydrogens (primary N) is 1. The molecule has 3 N–H and O–H groups in total. The van der Waals surface area contributed by atoms with Crippen LogP contribution in [0.2, 0.25) is 0 Å². The minimum atomic E-state index is -0.0291. The molecule has 1 aliphatic carbocycles. The minimum Gasteiger partial charge on any atom is -0.339 e. The lowest BCUT2D eigenvalue weighted by Crippen LogP contribution is -2.30. The van der Waals surface area contributed by atoms with Crippen LogP contribution in [-0.4, -0.2) is 28.9 Å². The lowest BCUT2D eigenvalue weighted by atomic mass is 10.2.